The highest BCUT2D eigenvalue weighted by Crippen LogP contribution is 2.25. The second-order valence-corrected chi connectivity index (χ2v) is 8.49. The number of nitrogens with zero attached hydrogens (tertiary/aromatic N) is 1. The Labute approximate surface area is 182 Å². The third-order valence-corrected chi connectivity index (χ3v) is 4.78. The van der Waals surface area contributed by atoms with Crippen molar-refractivity contribution in [3.63, 3.8) is 0 Å². The first-order chi connectivity index (χ1) is 14.5. The molecule has 2 aromatic carbocycles. The molecule has 0 aliphatic rings. The van der Waals surface area contributed by atoms with E-state index in [1.807, 2.05) is 49.4 Å². The van der Waals surface area contributed by atoms with Crippen LogP contribution in [0.3, 0.4) is 0 Å². The van der Waals surface area contributed by atoms with Crippen LogP contribution in [0.5, 0.6) is 0 Å². The SMILES string of the molecule is C[C@H](NC(=O)[C@H](CCCN(N)C(=O)[O-])C(=O)OC(C)(C)C)c1cccc2ccccc12. The Hall–Kier alpha value is -3.13. The molecule has 0 saturated heterocycles. The lowest BCUT2D eigenvalue weighted by atomic mass is 9.97. The fourth-order valence-corrected chi connectivity index (χ4v) is 3.31. The van der Waals surface area contributed by atoms with E-state index in [4.69, 9.17) is 10.6 Å². The van der Waals surface area contributed by atoms with E-state index >= 15 is 0 Å². The van der Waals surface area contributed by atoms with E-state index in [1.165, 1.54) is 0 Å². The molecule has 168 valence electrons. The Morgan fingerprint density at radius 1 is 1.13 bits per heavy atom. The smallest absolute Gasteiger partial charge is 0.319 e. The molecule has 0 bridgehead atoms. The van der Waals surface area contributed by atoms with Gasteiger partial charge in [-0.2, -0.15) is 0 Å². The lowest BCUT2D eigenvalue weighted by Gasteiger charge is -2.26. The number of ether oxygens (including phenoxy) is 1. The van der Waals surface area contributed by atoms with Crippen LogP contribution >= 0.6 is 0 Å². The molecule has 2 aromatic rings. The Morgan fingerprint density at radius 2 is 1.77 bits per heavy atom. The van der Waals surface area contributed by atoms with Crippen molar-refractivity contribution >= 4 is 28.7 Å². The maximum atomic E-state index is 13.0. The van der Waals surface area contributed by atoms with Crippen LogP contribution in [0.1, 0.15) is 52.1 Å². The normalized spacial score (nSPS) is 13.3. The van der Waals surface area contributed by atoms with Gasteiger partial charge in [0.25, 0.3) is 0 Å². The third kappa shape index (κ3) is 6.96. The van der Waals surface area contributed by atoms with E-state index in [-0.39, 0.29) is 25.4 Å². The summed E-state index contributed by atoms with van der Waals surface area (Å²) in [6, 6.07) is 13.3. The largest absolute Gasteiger partial charge is 0.529 e. The predicted molar refractivity (Wildman–Crippen MR) is 115 cm³/mol. The molecule has 2 amide bonds. The molecule has 0 spiro atoms. The Kier molecular flexibility index (Phi) is 7.99. The highest BCUT2D eigenvalue weighted by molar-refractivity contribution is 5.98. The van der Waals surface area contributed by atoms with E-state index in [9.17, 15) is 19.5 Å². The first kappa shape index (κ1) is 24.1. The standard InChI is InChI=1S/C23H31N3O5/c1-15(17-12-7-10-16-9-5-6-11-18(16)17)25-20(27)19(21(28)31-23(2,3)4)13-8-14-26(24)22(29)30/h5-7,9-12,15,19H,8,13-14,24H2,1-4H3,(H,25,27)(H,29,30)/p-1/t15-,19-/m0/s1. The fourth-order valence-electron chi connectivity index (χ4n) is 3.31. The number of fused-ring (bicyclic) bond motifs is 1. The number of carbonyl (C=O) groups excluding carboxylic acids is 3. The summed E-state index contributed by atoms with van der Waals surface area (Å²) in [5, 5.41) is 16.2. The van der Waals surface area contributed by atoms with Gasteiger partial charge in [-0.15, -0.1) is 0 Å². The zero-order valence-electron chi connectivity index (χ0n) is 18.4. The molecular weight excluding hydrogens is 398 g/mol. The second kappa shape index (κ2) is 10.3. The van der Waals surface area contributed by atoms with E-state index in [1.54, 1.807) is 20.8 Å². The molecule has 8 heteroatoms. The summed E-state index contributed by atoms with van der Waals surface area (Å²) in [5.74, 6) is 3.09. The van der Waals surface area contributed by atoms with Gasteiger partial charge in [-0.05, 0) is 56.9 Å². The number of nitrogens with one attached hydrogen (secondary N) is 1. The Balaban J connectivity index is 2.16. The number of carbonyl (C=O) groups is 3. The van der Waals surface area contributed by atoms with Gasteiger partial charge in [0, 0.05) is 6.54 Å². The summed E-state index contributed by atoms with van der Waals surface area (Å²) in [7, 11) is 0. The van der Waals surface area contributed by atoms with Crippen LogP contribution in [-0.4, -0.2) is 35.1 Å². The lowest BCUT2D eigenvalue weighted by molar-refractivity contribution is -0.266. The van der Waals surface area contributed by atoms with Crippen LogP contribution in [0, 0.1) is 5.92 Å². The van der Waals surface area contributed by atoms with E-state index in [0.717, 1.165) is 16.3 Å². The molecule has 0 aliphatic heterocycles. The molecule has 0 aliphatic carbocycles. The average Bonchev–Trinajstić information content (AvgIpc) is 2.68. The van der Waals surface area contributed by atoms with Crippen molar-refractivity contribution in [1.29, 1.82) is 0 Å². The molecule has 0 fully saturated rings. The molecule has 0 saturated carbocycles. The molecular formula is C23H30N3O5-. The van der Waals surface area contributed by atoms with E-state index in [2.05, 4.69) is 5.32 Å². The molecule has 0 radical (unpaired) electrons. The zero-order chi connectivity index (χ0) is 23.2. The van der Waals surface area contributed by atoms with Crippen molar-refractivity contribution in [3.05, 3.63) is 48.0 Å². The van der Waals surface area contributed by atoms with Crippen molar-refractivity contribution in [2.45, 2.75) is 52.2 Å². The van der Waals surface area contributed by atoms with Crippen molar-refractivity contribution in [1.82, 2.24) is 10.3 Å². The monoisotopic (exact) mass is 428 g/mol. The van der Waals surface area contributed by atoms with Crippen molar-refractivity contribution in [3.8, 4) is 0 Å². The number of nitrogens with two attached hydrogens (primary N) is 1. The number of amides is 2. The number of benzene rings is 2. The van der Waals surface area contributed by atoms with E-state index < -0.39 is 29.5 Å². The molecule has 2 atom stereocenters. The Bertz CT molecular complexity index is 933. The Morgan fingerprint density at radius 3 is 2.42 bits per heavy atom. The van der Waals surface area contributed by atoms with Crippen molar-refractivity contribution in [2.24, 2.45) is 11.8 Å². The second-order valence-electron chi connectivity index (χ2n) is 8.49. The molecule has 0 unspecified atom stereocenters. The summed E-state index contributed by atoms with van der Waals surface area (Å²) in [5.41, 5.74) is 0.168. The topological polar surface area (TPSA) is 125 Å². The van der Waals surface area contributed by atoms with Gasteiger partial charge in [-0.25, -0.2) is 5.84 Å². The molecule has 3 N–H and O–H groups in total. The lowest BCUT2D eigenvalue weighted by Crippen LogP contribution is -2.46. The first-order valence-corrected chi connectivity index (χ1v) is 10.2. The predicted octanol–water partition coefficient (Wildman–Crippen LogP) is 2.27. The van der Waals surface area contributed by atoms with Crippen molar-refractivity contribution in [2.75, 3.05) is 6.54 Å². The minimum Gasteiger partial charge on any atom is -0.529 e. The van der Waals surface area contributed by atoms with E-state index in [0.29, 0.717) is 5.01 Å². The summed E-state index contributed by atoms with van der Waals surface area (Å²) in [6.07, 6.45) is -1.24. The van der Waals surface area contributed by atoms with Crippen LogP contribution in [0.25, 0.3) is 10.8 Å². The summed E-state index contributed by atoms with van der Waals surface area (Å²) in [6.45, 7) is 6.94. The minimum absolute atomic E-state index is 0.0617. The zero-order valence-corrected chi connectivity index (χ0v) is 18.4. The fraction of sp³-hybridized carbons (Fsp3) is 0.435. The maximum Gasteiger partial charge on any atom is 0.319 e. The maximum absolute atomic E-state index is 13.0. The molecule has 8 nitrogen and oxygen atoms in total. The molecule has 31 heavy (non-hydrogen) atoms. The van der Waals surface area contributed by atoms with Crippen LogP contribution < -0.4 is 16.3 Å². The van der Waals surface area contributed by atoms with Crippen molar-refractivity contribution < 1.29 is 24.2 Å². The minimum atomic E-state index is -1.53. The summed E-state index contributed by atoms with van der Waals surface area (Å²) in [4.78, 5) is 36.5. The summed E-state index contributed by atoms with van der Waals surface area (Å²) < 4.78 is 5.41. The summed E-state index contributed by atoms with van der Waals surface area (Å²) >= 11 is 0. The van der Waals surface area contributed by atoms with Crippen LogP contribution in [0.15, 0.2) is 42.5 Å². The third-order valence-electron chi connectivity index (χ3n) is 4.78. The highest BCUT2D eigenvalue weighted by atomic mass is 16.6. The van der Waals surface area contributed by atoms with Gasteiger partial charge in [0.2, 0.25) is 5.91 Å². The molecule has 0 heterocycles. The highest BCUT2D eigenvalue weighted by Gasteiger charge is 2.32. The number of hydrazine groups is 1. The quantitative estimate of drug-likeness (QED) is 0.218. The molecule has 0 aromatic heterocycles. The van der Waals surface area contributed by atoms with Crippen LogP contribution in [-0.2, 0) is 14.3 Å². The average molecular weight is 429 g/mol. The van der Waals surface area contributed by atoms with Gasteiger partial charge in [0.05, 0.1) is 6.04 Å². The van der Waals surface area contributed by atoms with Crippen LogP contribution in [0.4, 0.5) is 4.79 Å². The molecule has 2 rings (SSSR count). The number of hydrogen-bond donors (Lipinski definition) is 2. The van der Waals surface area contributed by atoms with Crippen LogP contribution in [0.2, 0.25) is 0 Å². The van der Waals surface area contributed by atoms with Gasteiger partial charge in [-0.3, -0.25) is 14.6 Å². The van der Waals surface area contributed by atoms with Gasteiger partial charge in [0.1, 0.15) is 11.5 Å². The number of carboxylic acid groups (broad SMARTS) is 1. The van der Waals surface area contributed by atoms with Gasteiger partial charge >= 0.3 is 5.97 Å². The van der Waals surface area contributed by atoms with Gasteiger partial charge < -0.3 is 20.0 Å². The number of rotatable bonds is 8. The number of esters is 1. The van der Waals surface area contributed by atoms with Gasteiger partial charge in [-0.1, -0.05) is 42.5 Å². The number of hydrogen-bond acceptors (Lipinski definition) is 6. The van der Waals surface area contributed by atoms with Gasteiger partial charge in [0.15, 0.2) is 6.09 Å². The first-order valence-electron chi connectivity index (χ1n) is 10.2.